The van der Waals surface area contributed by atoms with E-state index in [0.29, 0.717) is 36.5 Å². The third-order valence-electron chi connectivity index (χ3n) is 10.8. The Morgan fingerprint density at radius 3 is 2.34 bits per heavy atom. The summed E-state index contributed by atoms with van der Waals surface area (Å²) in [5.74, 6) is 2.16. The number of fused-ring (bicyclic) bond motifs is 5. The molecule has 4 nitrogen and oxygen atoms in total. The first kappa shape index (κ1) is 24.4. The van der Waals surface area contributed by atoms with Gasteiger partial charge in [-0.1, -0.05) is 65.3 Å². The number of aliphatic hydroxyl groups is 4. The fourth-order valence-electron chi connectivity index (χ4n) is 8.12. The quantitative estimate of drug-likeness (QED) is 0.481. The zero-order valence-electron chi connectivity index (χ0n) is 21.0. The first-order chi connectivity index (χ1) is 14.9. The summed E-state index contributed by atoms with van der Waals surface area (Å²) in [5.41, 5.74) is -0.585. The predicted octanol–water partition coefficient (Wildman–Crippen LogP) is 4.47. The van der Waals surface area contributed by atoms with Crippen LogP contribution >= 0.6 is 0 Å². The second-order valence-corrected chi connectivity index (χ2v) is 12.6. The minimum atomic E-state index is -1.43. The SMILES string of the molecule is CC(C)[C@@H](C)C=C[C@@H](C)[C@H]1CC=C2[C@H]3[C@H](O)[C@H](O)[C@]4(O)C[C@@H](O)CC[C@]4(C)[C@H]3CC[C@@]21C. The van der Waals surface area contributed by atoms with Crippen molar-refractivity contribution in [3.63, 3.8) is 0 Å². The van der Waals surface area contributed by atoms with E-state index in [1.165, 1.54) is 5.57 Å². The van der Waals surface area contributed by atoms with E-state index < -0.39 is 29.3 Å². The van der Waals surface area contributed by atoms with E-state index >= 15 is 0 Å². The number of hydrogen-bond donors (Lipinski definition) is 4. The molecule has 0 amide bonds. The van der Waals surface area contributed by atoms with Crippen molar-refractivity contribution in [3.05, 3.63) is 23.8 Å². The van der Waals surface area contributed by atoms with E-state index in [4.69, 9.17) is 0 Å². The van der Waals surface area contributed by atoms with Gasteiger partial charge in [-0.2, -0.15) is 0 Å². The van der Waals surface area contributed by atoms with Crippen molar-refractivity contribution in [1.82, 2.24) is 0 Å². The number of allylic oxidation sites excluding steroid dienone is 3. The van der Waals surface area contributed by atoms with E-state index in [1.807, 2.05) is 0 Å². The van der Waals surface area contributed by atoms with E-state index in [9.17, 15) is 20.4 Å². The minimum Gasteiger partial charge on any atom is -0.393 e. The van der Waals surface area contributed by atoms with Gasteiger partial charge in [0.15, 0.2) is 0 Å². The standard InChI is InChI=1S/C28H46O4/c1-16(2)17(3)7-8-18(4)20-9-10-21-23-22(12-13-26(20,21)5)27(6)14-11-19(29)15-28(27,32)25(31)24(23)30/h7-8,10,16-20,22-25,29-32H,9,11-15H2,1-6H3/t17-,18+,19-,20+,22-,23+,24-,25-,26+,27+,28+/m0/s1. The molecule has 4 heteroatoms. The molecule has 0 saturated heterocycles. The van der Waals surface area contributed by atoms with E-state index in [0.717, 1.165) is 19.3 Å². The smallest absolute Gasteiger partial charge is 0.110 e. The van der Waals surface area contributed by atoms with Gasteiger partial charge < -0.3 is 20.4 Å². The molecule has 182 valence electrons. The van der Waals surface area contributed by atoms with Crippen molar-refractivity contribution >= 4 is 0 Å². The van der Waals surface area contributed by atoms with Gasteiger partial charge in [-0.05, 0) is 67.1 Å². The van der Waals surface area contributed by atoms with Gasteiger partial charge >= 0.3 is 0 Å². The third-order valence-corrected chi connectivity index (χ3v) is 10.8. The van der Waals surface area contributed by atoms with Crippen LogP contribution in [0.3, 0.4) is 0 Å². The van der Waals surface area contributed by atoms with Crippen molar-refractivity contribution < 1.29 is 20.4 Å². The molecular weight excluding hydrogens is 400 g/mol. The maximum atomic E-state index is 11.6. The first-order valence-electron chi connectivity index (χ1n) is 13.0. The molecule has 0 bridgehead atoms. The minimum absolute atomic E-state index is 0.0205. The van der Waals surface area contributed by atoms with Crippen LogP contribution < -0.4 is 0 Å². The lowest BCUT2D eigenvalue weighted by Crippen LogP contribution is -2.72. The van der Waals surface area contributed by atoms with Crippen LogP contribution in [-0.2, 0) is 0 Å². The monoisotopic (exact) mass is 446 g/mol. The average molecular weight is 447 g/mol. The molecule has 0 aromatic heterocycles. The third kappa shape index (κ3) is 3.39. The summed E-state index contributed by atoms with van der Waals surface area (Å²) >= 11 is 0. The number of hydrogen-bond acceptors (Lipinski definition) is 4. The zero-order valence-corrected chi connectivity index (χ0v) is 21.0. The summed E-state index contributed by atoms with van der Waals surface area (Å²) in [6, 6.07) is 0. The van der Waals surface area contributed by atoms with Crippen LogP contribution in [0.1, 0.15) is 80.1 Å². The highest BCUT2D eigenvalue weighted by Gasteiger charge is 2.69. The van der Waals surface area contributed by atoms with Crippen LogP contribution in [0, 0.1) is 46.3 Å². The van der Waals surface area contributed by atoms with Gasteiger partial charge in [0.05, 0.1) is 12.2 Å². The number of rotatable bonds is 4. The molecule has 0 aromatic carbocycles. The summed E-state index contributed by atoms with van der Waals surface area (Å²) < 4.78 is 0. The van der Waals surface area contributed by atoms with Gasteiger partial charge in [-0.3, -0.25) is 0 Å². The second-order valence-electron chi connectivity index (χ2n) is 12.6. The van der Waals surface area contributed by atoms with Gasteiger partial charge in [0.1, 0.15) is 11.7 Å². The molecular formula is C28H46O4. The normalized spacial score (nSPS) is 50.5. The van der Waals surface area contributed by atoms with Crippen LogP contribution in [0.15, 0.2) is 23.8 Å². The fourth-order valence-corrected chi connectivity index (χ4v) is 8.12. The van der Waals surface area contributed by atoms with Crippen molar-refractivity contribution in [2.45, 2.75) is 104 Å². The Balaban J connectivity index is 1.62. The Bertz CT molecular complexity index is 773. The molecule has 32 heavy (non-hydrogen) atoms. The average Bonchev–Trinajstić information content (AvgIpc) is 3.09. The molecule has 11 atom stereocenters. The molecule has 0 aromatic rings. The molecule has 4 rings (SSSR count). The largest absolute Gasteiger partial charge is 0.393 e. The van der Waals surface area contributed by atoms with Crippen molar-refractivity contribution in [3.8, 4) is 0 Å². The van der Waals surface area contributed by atoms with E-state index in [1.54, 1.807) is 0 Å². The van der Waals surface area contributed by atoms with Gasteiger partial charge in [0.25, 0.3) is 0 Å². The fraction of sp³-hybridized carbons (Fsp3) is 0.857. The topological polar surface area (TPSA) is 80.9 Å². The molecule has 0 radical (unpaired) electrons. The number of aliphatic hydroxyl groups excluding tert-OH is 3. The molecule has 4 aliphatic carbocycles. The maximum absolute atomic E-state index is 11.6. The summed E-state index contributed by atoms with van der Waals surface area (Å²) in [6.45, 7) is 13.6. The van der Waals surface area contributed by atoms with Crippen LogP contribution in [0.4, 0.5) is 0 Å². The highest BCUT2D eigenvalue weighted by Crippen LogP contribution is 2.67. The molecule has 4 N–H and O–H groups in total. The molecule has 0 aliphatic heterocycles. The predicted molar refractivity (Wildman–Crippen MR) is 128 cm³/mol. The Kier molecular flexibility index (Phi) is 6.28. The lowest BCUT2D eigenvalue weighted by molar-refractivity contribution is -0.281. The van der Waals surface area contributed by atoms with Crippen molar-refractivity contribution in [2.75, 3.05) is 0 Å². The summed E-state index contributed by atoms with van der Waals surface area (Å²) in [6.07, 6.45) is 8.82. The summed E-state index contributed by atoms with van der Waals surface area (Å²) in [5, 5.41) is 44.4. The molecule has 0 unspecified atom stereocenters. The maximum Gasteiger partial charge on any atom is 0.110 e. The van der Waals surface area contributed by atoms with Gasteiger partial charge in [0.2, 0.25) is 0 Å². The summed E-state index contributed by atoms with van der Waals surface area (Å²) in [7, 11) is 0. The lowest BCUT2D eigenvalue weighted by Gasteiger charge is -2.65. The Morgan fingerprint density at radius 2 is 1.69 bits per heavy atom. The van der Waals surface area contributed by atoms with Crippen LogP contribution in [-0.4, -0.2) is 44.3 Å². The van der Waals surface area contributed by atoms with Crippen LogP contribution in [0.5, 0.6) is 0 Å². The summed E-state index contributed by atoms with van der Waals surface area (Å²) in [4.78, 5) is 0. The molecule has 3 saturated carbocycles. The van der Waals surface area contributed by atoms with Crippen molar-refractivity contribution in [1.29, 1.82) is 0 Å². The van der Waals surface area contributed by atoms with Gasteiger partial charge in [-0.25, -0.2) is 0 Å². The molecule has 0 heterocycles. The van der Waals surface area contributed by atoms with Crippen LogP contribution in [0.2, 0.25) is 0 Å². The first-order valence-corrected chi connectivity index (χ1v) is 13.0. The Labute approximate surface area is 194 Å². The molecule has 3 fully saturated rings. The zero-order chi connectivity index (χ0) is 23.6. The highest BCUT2D eigenvalue weighted by atomic mass is 16.4. The molecule has 0 spiro atoms. The molecule has 4 aliphatic rings. The van der Waals surface area contributed by atoms with Gasteiger partial charge in [0, 0.05) is 17.8 Å². The van der Waals surface area contributed by atoms with Crippen LogP contribution in [0.25, 0.3) is 0 Å². The van der Waals surface area contributed by atoms with Gasteiger partial charge in [-0.15, -0.1) is 0 Å². The highest BCUT2D eigenvalue weighted by molar-refractivity contribution is 5.34. The Hall–Kier alpha value is -0.680. The Morgan fingerprint density at radius 1 is 1.00 bits per heavy atom. The van der Waals surface area contributed by atoms with E-state index in [-0.39, 0.29) is 23.7 Å². The van der Waals surface area contributed by atoms with E-state index in [2.05, 4.69) is 59.8 Å². The second kappa shape index (κ2) is 8.22. The van der Waals surface area contributed by atoms with Crippen molar-refractivity contribution in [2.24, 2.45) is 46.3 Å². The lowest BCUT2D eigenvalue weighted by atomic mass is 9.42.